The Morgan fingerprint density at radius 1 is 1.09 bits per heavy atom. The maximum atomic E-state index is 12.6. The summed E-state index contributed by atoms with van der Waals surface area (Å²) in [6, 6.07) is 19.0. The molecule has 1 saturated heterocycles. The number of aromatic nitrogens is 3. The predicted molar refractivity (Wildman–Crippen MR) is 116 cm³/mol. The van der Waals surface area contributed by atoms with Gasteiger partial charge in [0.25, 0.3) is 5.91 Å². The zero-order valence-electron chi connectivity index (χ0n) is 17.9. The summed E-state index contributed by atoms with van der Waals surface area (Å²) < 4.78 is 20.2. The molecule has 32 heavy (non-hydrogen) atoms. The van der Waals surface area contributed by atoms with E-state index in [0.29, 0.717) is 23.6 Å². The SMILES string of the molecule is CC1(C)OC2=C(Cn3nncc3-c3ccccc3)OC[C@]2(CNC(=O)c2ccccc2)O1. The average molecular weight is 432 g/mol. The van der Waals surface area contributed by atoms with E-state index in [1.54, 1.807) is 23.0 Å². The third-order valence-corrected chi connectivity index (χ3v) is 5.49. The summed E-state index contributed by atoms with van der Waals surface area (Å²) in [6.07, 6.45) is 1.72. The van der Waals surface area contributed by atoms with E-state index < -0.39 is 11.4 Å². The largest absolute Gasteiger partial charge is 0.489 e. The Kier molecular flexibility index (Phi) is 4.94. The first-order valence-corrected chi connectivity index (χ1v) is 10.5. The lowest BCUT2D eigenvalue weighted by Crippen LogP contribution is -2.46. The number of hydrogen-bond acceptors (Lipinski definition) is 6. The zero-order chi connectivity index (χ0) is 22.2. The van der Waals surface area contributed by atoms with Crippen LogP contribution in [0.25, 0.3) is 11.3 Å². The number of hydrogen-bond donors (Lipinski definition) is 1. The number of nitrogens with one attached hydrogen (secondary N) is 1. The van der Waals surface area contributed by atoms with Crippen LogP contribution in [0.5, 0.6) is 0 Å². The van der Waals surface area contributed by atoms with Crippen LogP contribution in [0.3, 0.4) is 0 Å². The van der Waals surface area contributed by atoms with Gasteiger partial charge in [-0.3, -0.25) is 4.79 Å². The van der Waals surface area contributed by atoms with Gasteiger partial charge >= 0.3 is 0 Å². The molecule has 0 saturated carbocycles. The smallest absolute Gasteiger partial charge is 0.251 e. The number of allylic oxidation sites excluding steroid dienone is 1. The van der Waals surface area contributed by atoms with Crippen LogP contribution in [0.4, 0.5) is 0 Å². The van der Waals surface area contributed by atoms with Gasteiger partial charge in [-0.05, 0) is 12.1 Å². The maximum Gasteiger partial charge on any atom is 0.251 e. The summed E-state index contributed by atoms with van der Waals surface area (Å²) in [5, 5.41) is 11.3. The minimum Gasteiger partial charge on any atom is -0.489 e. The number of fused-ring (bicyclic) bond motifs is 1. The van der Waals surface area contributed by atoms with Crippen LogP contribution in [-0.4, -0.2) is 45.4 Å². The van der Waals surface area contributed by atoms with E-state index in [4.69, 9.17) is 14.2 Å². The molecule has 0 aliphatic carbocycles. The van der Waals surface area contributed by atoms with E-state index >= 15 is 0 Å². The molecule has 5 rings (SSSR count). The van der Waals surface area contributed by atoms with Gasteiger partial charge in [0.1, 0.15) is 13.2 Å². The predicted octanol–water partition coefficient (Wildman–Crippen LogP) is 3.14. The van der Waals surface area contributed by atoms with E-state index in [1.807, 2.05) is 62.4 Å². The quantitative estimate of drug-likeness (QED) is 0.644. The van der Waals surface area contributed by atoms with Crippen LogP contribution in [0.2, 0.25) is 0 Å². The van der Waals surface area contributed by atoms with Gasteiger partial charge in [-0.25, -0.2) is 4.68 Å². The van der Waals surface area contributed by atoms with Gasteiger partial charge in [0, 0.05) is 25.0 Å². The molecule has 1 aromatic heterocycles. The second-order valence-electron chi connectivity index (χ2n) is 8.33. The normalized spacial score (nSPS) is 21.1. The van der Waals surface area contributed by atoms with Crippen LogP contribution in [0.15, 0.2) is 78.4 Å². The highest BCUT2D eigenvalue weighted by atomic mass is 16.8. The third kappa shape index (κ3) is 3.73. The second-order valence-corrected chi connectivity index (χ2v) is 8.33. The molecule has 0 unspecified atom stereocenters. The second kappa shape index (κ2) is 7.80. The molecule has 1 fully saturated rings. The molecule has 1 atom stereocenters. The molecular formula is C24H24N4O4. The van der Waals surface area contributed by atoms with Crippen molar-refractivity contribution >= 4 is 5.91 Å². The van der Waals surface area contributed by atoms with Crippen LogP contribution >= 0.6 is 0 Å². The van der Waals surface area contributed by atoms with Gasteiger partial charge in [0.2, 0.25) is 5.79 Å². The summed E-state index contributed by atoms with van der Waals surface area (Å²) in [4.78, 5) is 12.6. The molecule has 2 aromatic carbocycles. The summed E-state index contributed by atoms with van der Waals surface area (Å²) in [5.74, 6) is 0.188. The zero-order valence-corrected chi connectivity index (χ0v) is 17.9. The highest BCUT2D eigenvalue weighted by Crippen LogP contribution is 2.45. The molecule has 0 bridgehead atoms. The summed E-state index contributed by atoms with van der Waals surface area (Å²) in [5.41, 5.74) is 1.57. The number of ether oxygens (including phenoxy) is 3. The number of carbonyl (C=O) groups is 1. The molecule has 164 valence electrons. The number of carbonyl (C=O) groups excluding carboxylic acids is 1. The van der Waals surface area contributed by atoms with Gasteiger partial charge in [-0.2, -0.15) is 0 Å². The van der Waals surface area contributed by atoms with E-state index in [-0.39, 0.29) is 19.1 Å². The van der Waals surface area contributed by atoms with Crippen molar-refractivity contribution in [3.05, 3.63) is 83.9 Å². The van der Waals surface area contributed by atoms with Crippen LogP contribution in [-0.2, 0) is 20.8 Å². The van der Waals surface area contributed by atoms with Crippen molar-refractivity contribution in [1.82, 2.24) is 20.3 Å². The molecule has 2 aliphatic rings. The Labute approximate surface area is 185 Å². The van der Waals surface area contributed by atoms with Gasteiger partial charge in [-0.15, -0.1) is 5.10 Å². The highest BCUT2D eigenvalue weighted by Gasteiger charge is 2.56. The molecule has 3 aromatic rings. The van der Waals surface area contributed by atoms with Gasteiger partial charge in [0.15, 0.2) is 17.1 Å². The molecule has 0 spiro atoms. The van der Waals surface area contributed by atoms with Crippen LogP contribution in [0, 0.1) is 0 Å². The number of nitrogens with zero attached hydrogens (tertiary/aromatic N) is 3. The minimum absolute atomic E-state index is 0.177. The Bertz CT molecular complexity index is 1160. The average Bonchev–Trinajstić information content (AvgIpc) is 3.46. The fourth-order valence-corrected chi connectivity index (χ4v) is 4.09. The fraction of sp³-hybridized carbons (Fsp3) is 0.292. The first kappa shape index (κ1) is 20.3. The van der Waals surface area contributed by atoms with Gasteiger partial charge < -0.3 is 19.5 Å². The topological polar surface area (TPSA) is 87.5 Å². The number of amides is 1. The molecule has 1 amide bonds. The van der Waals surface area contributed by atoms with Crippen LogP contribution in [0.1, 0.15) is 24.2 Å². The van der Waals surface area contributed by atoms with Crippen molar-refractivity contribution in [2.75, 3.05) is 13.2 Å². The highest BCUT2D eigenvalue weighted by molar-refractivity contribution is 5.94. The number of rotatable bonds is 6. The maximum absolute atomic E-state index is 12.6. The van der Waals surface area contributed by atoms with Crippen molar-refractivity contribution < 1.29 is 19.0 Å². The monoisotopic (exact) mass is 432 g/mol. The van der Waals surface area contributed by atoms with Crippen molar-refractivity contribution in [3.63, 3.8) is 0 Å². The van der Waals surface area contributed by atoms with E-state index in [9.17, 15) is 4.79 Å². The first-order chi connectivity index (χ1) is 15.5. The van der Waals surface area contributed by atoms with E-state index in [1.165, 1.54) is 0 Å². The number of benzene rings is 2. The molecular weight excluding hydrogens is 408 g/mol. The van der Waals surface area contributed by atoms with E-state index in [0.717, 1.165) is 11.3 Å². The Morgan fingerprint density at radius 2 is 1.81 bits per heavy atom. The molecule has 2 aliphatic heterocycles. The van der Waals surface area contributed by atoms with Gasteiger partial charge in [-0.1, -0.05) is 53.7 Å². The lowest BCUT2D eigenvalue weighted by Gasteiger charge is -2.25. The van der Waals surface area contributed by atoms with E-state index in [2.05, 4.69) is 15.6 Å². The first-order valence-electron chi connectivity index (χ1n) is 10.5. The molecule has 1 N–H and O–H groups in total. The van der Waals surface area contributed by atoms with Crippen molar-refractivity contribution in [2.45, 2.75) is 31.8 Å². The minimum atomic E-state index is -0.892. The van der Waals surface area contributed by atoms with Crippen LogP contribution < -0.4 is 5.32 Å². The molecule has 8 heteroatoms. The summed E-state index contributed by atoms with van der Waals surface area (Å²) in [7, 11) is 0. The molecule has 3 heterocycles. The van der Waals surface area contributed by atoms with Crippen molar-refractivity contribution in [2.24, 2.45) is 0 Å². The Hall–Kier alpha value is -3.65. The lowest BCUT2D eigenvalue weighted by molar-refractivity contribution is -0.171. The molecule has 8 nitrogen and oxygen atoms in total. The lowest BCUT2D eigenvalue weighted by atomic mass is 10.0. The van der Waals surface area contributed by atoms with Gasteiger partial charge in [0.05, 0.1) is 18.4 Å². The summed E-state index contributed by atoms with van der Waals surface area (Å²) >= 11 is 0. The fourth-order valence-electron chi connectivity index (χ4n) is 4.09. The molecule has 0 radical (unpaired) electrons. The summed E-state index contributed by atoms with van der Waals surface area (Å²) in [6.45, 7) is 4.51. The Morgan fingerprint density at radius 3 is 2.56 bits per heavy atom. The standard InChI is InChI=1S/C24H24N4O4/c1-23(2)31-21-20(14-28-19(13-26-27-28)17-9-5-3-6-10-17)30-16-24(21,32-23)15-25-22(29)18-11-7-4-8-12-18/h3-13H,14-16H2,1-2H3,(H,25,29)/t24-/m0/s1. The van der Waals surface area contributed by atoms with Crippen molar-refractivity contribution in [3.8, 4) is 11.3 Å². The Balaban J connectivity index is 1.40. The van der Waals surface area contributed by atoms with Crippen molar-refractivity contribution in [1.29, 1.82) is 0 Å². The third-order valence-electron chi connectivity index (χ3n) is 5.49.